The van der Waals surface area contributed by atoms with E-state index in [4.69, 9.17) is 5.14 Å². The van der Waals surface area contributed by atoms with Gasteiger partial charge in [-0.2, -0.15) is 13.1 Å². The van der Waals surface area contributed by atoms with Gasteiger partial charge in [0.25, 0.3) is 0 Å². The van der Waals surface area contributed by atoms with Gasteiger partial charge >= 0.3 is 12.6 Å². The minimum atomic E-state index is -2.93. The van der Waals surface area contributed by atoms with Crippen molar-refractivity contribution in [2.24, 2.45) is 9.50 Å². The maximum absolute atomic E-state index is 12.6. The number of nitrogens with two attached hydrogens (primary N) is 1. The fourth-order valence-corrected chi connectivity index (χ4v) is 4.47. The number of aliphatic hydroxyl groups is 1. The Balaban J connectivity index is 2.32. The molecule has 0 aliphatic rings. The summed E-state index contributed by atoms with van der Waals surface area (Å²) < 4.78 is 34.4. The highest BCUT2D eigenvalue weighted by atomic mass is 32.2. The Labute approximate surface area is 180 Å². The van der Waals surface area contributed by atoms with E-state index in [1.54, 1.807) is 13.8 Å². The van der Waals surface area contributed by atoms with Gasteiger partial charge in [0.15, 0.2) is 0 Å². The Morgan fingerprint density at radius 2 is 2.10 bits per heavy atom. The molecule has 0 spiro atoms. The number of amides is 2. The maximum Gasteiger partial charge on any atom is 0.387 e. The van der Waals surface area contributed by atoms with Gasteiger partial charge in [-0.1, -0.05) is 20.8 Å². The van der Waals surface area contributed by atoms with E-state index in [0.717, 1.165) is 0 Å². The van der Waals surface area contributed by atoms with Gasteiger partial charge in [-0.25, -0.2) is 9.78 Å². The molecule has 11 heteroatoms. The average molecular weight is 461 g/mol. The number of aromatic nitrogens is 1. The summed E-state index contributed by atoms with van der Waals surface area (Å²) in [4.78, 5) is 16.7. The van der Waals surface area contributed by atoms with Crippen LogP contribution in [0.15, 0.2) is 26.9 Å². The maximum atomic E-state index is 12.6. The standard InChI is InChI=1S/C19H26F2N4O3S2/c1-6-11-7-12(28-17(20)21)8-13(10(2)3)15(11)24-18(26)25-30(22)14-9-23-16(29-14)19(4,5)27/h7-10,17,27H,6H2,1-5H3,(H3,22,24,25,26)/t30-/m1/s1. The van der Waals surface area contributed by atoms with E-state index in [2.05, 4.69) is 19.4 Å². The highest BCUT2D eigenvalue weighted by molar-refractivity contribution is 7.87. The number of nitrogens with one attached hydrogen (secondary N) is 1. The third kappa shape index (κ3) is 6.27. The van der Waals surface area contributed by atoms with Crippen LogP contribution in [0.25, 0.3) is 0 Å². The second-order valence-corrected chi connectivity index (χ2v) is 9.85. The van der Waals surface area contributed by atoms with Crippen LogP contribution in [0.4, 0.5) is 19.3 Å². The minimum Gasteiger partial charge on any atom is -0.435 e. The molecule has 0 aliphatic carbocycles. The van der Waals surface area contributed by atoms with E-state index < -0.39 is 29.1 Å². The normalized spacial score (nSPS) is 13.2. The number of urea groups is 1. The molecule has 0 saturated carbocycles. The molecular weight excluding hydrogens is 434 g/mol. The molecule has 1 heterocycles. The third-order valence-electron chi connectivity index (χ3n) is 4.08. The molecule has 0 saturated heterocycles. The van der Waals surface area contributed by atoms with E-state index in [-0.39, 0.29) is 11.7 Å². The van der Waals surface area contributed by atoms with Gasteiger partial charge in [0.05, 0.1) is 6.20 Å². The largest absolute Gasteiger partial charge is 0.435 e. The number of aryl methyl sites for hydroxylation is 1. The van der Waals surface area contributed by atoms with Gasteiger partial charge in [0.2, 0.25) is 0 Å². The van der Waals surface area contributed by atoms with E-state index in [0.29, 0.717) is 32.5 Å². The Bertz CT molecular complexity index is 940. The number of hydrogen-bond acceptors (Lipinski definition) is 5. The first-order chi connectivity index (χ1) is 13.9. The molecule has 1 aromatic carbocycles. The third-order valence-corrected chi connectivity index (χ3v) is 6.83. The van der Waals surface area contributed by atoms with E-state index in [1.807, 2.05) is 20.8 Å². The first-order valence-corrected chi connectivity index (χ1v) is 11.3. The zero-order valence-electron chi connectivity index (χ0n) is 17.4. The van der Waals surface area contributed by atoms with Crippen LogP contribution < -0.4 is 15.2 Å². The fraction of sp³-hybridized carbons (Fsp3) is 0.474. The molecule has 1 aromatic heterocycles. The highest BCUT2D eigenvalue weighted by Gasteiger charge is 2.21. The summed E-state index contributed by atoms with van der Waals surface area (Å²) >= 11 is 1.18. The summed E-state index contributed by atoms with van der Waals surface area (Å²) in [7, 11) is -1.26. The van der Waals surface area contributed by atoms with Crippen LogP contribution in [0.3, 0.4) is 0 Å². The van der Waals surface area contributed by atoms with Gasteiger partial charge in [0.1, 0.15) is 20.6 Å². The van der Waals surface area contributed by atoms with Crippen LogP contribution in [-0.2, 0) is 22.9 Å². The SMILES string of the molecule is CCc1cc(OC(F)F)cc(C(C)C)c1NC(=O)/N=[S@@](\N)c1cnc(C(C)(C)O)s1. The van der Waals surface area contributed by atoms with E-state index >= 15 is 0 Å². The molecule has 0 radical (unpaired) electrons. The molecule has 0 aliphatic heterocycles. The molecule has 2 amide bonds. The number of halogens is 2. The number of alkyl halides is 2. The van der Waals surface area contributed by atoms with Crippen molar-refractivity contribution in [3.8, 4) is 5.75 Å². The van der Waals surface area contributed by atoms with Crippen LogP contribution in [-0.4, -0.2) is 22.7 Å². The number of hydrogen-bond donors (Lipinski definition) is 3. The molecule has 2 rings (SSSR count). The summed E-state index contributed by atoms with van der Waals surface area (Å²) in [6.07, 6.45) is 1.99. The molecule has 30 heavy (non-hydrogen) atoms. The quantitative estimate of drug-likeness (QED) is 0.543. The second-order valence-electron chi connectivity index (χ2n) is 7.31. The van der Waals surface area contributed by atoms with Gasteiger partial charge in [-0.3, -0.25) is 5.14 Å². The first-order valence-electron chi connectivity index (χ1n) is 9.24. The van der Waals surface area contributed by atoms with Gasteiger partial charge in [-0.05, 0) is 49.4 Å². The lowest BCUT2D eigenvalue weighted by molar-refractivity contribution is -0.0499. The Morgan fingerprint density at radius 1 is 1.43 bits per heavy atom. The number of ether oxygens (including phenoxy) is 1. The summed E-state index contributed by atoms with van der Waals surface area (Å²) in [5.74, 6) is -0.0124. The minimum absolute atomic E-state index is 0.0443. The summed E-state index contributed by atoms with van der Waals surface area (Å²) in [6, 6.07) is 2.32. The molecule has 0 fully saturated rings. The van der Waals surface area contributed by atoms with Crippen molar-refractivity contribution in [1.82, 2.24) is 4.98 Å². The van der Waals surface area contributed by atoms with Crippen LogP contribution in [0.1, 0.15) is 56.7 Å². The highest BCUT2D eigenvalue weighted by Crippen LogP contribution is 2.34. The van der Waals surface area contributed by atoms with Crippen molar-refractivity contribution in [1.29, 1.82) is 0 Å². The van der Waals surface area contributed by atoms with Crippen LogP contribution in [0.5, 0.6) is 5.75 Å². The number of anilines is 1. The molecule has 1 atom stereocenters. The molecule has 7 nitrogen and oxygen atoms in total. The topological polar surface area (TPSA) is 110 Å². The first kappa shape index (κ1) is 24.3. The van der Waals surface area contributed by atoms with Gasteiger partial charge in [0, 0.05) is 16.6 Å². The molecule has 2 aromatic rings. The van der Waals surface area contributed by atoms with Crippen molar-refractivity contribution in [2.45, 2.75) is 63.4 Å². The lowest BCUT2D eigenvalue weighted by Crippen LogP contribution is -2.15. The number of rotatable bonds is 7. The van der Waals surface area contributed by atoms with Crippen molar-refractivity contribution in [2.75, 3.05) is 5.32 Å². The number of carbonyl (C=O) groups is 1. The predicted molar refractivity (Wildman–Crippen MR) is 115 cm³/mol. The monoisotopic (exact) mass is 460 g/mol. The average Bonchev–Trinajstić information content (AvgIpc) is 3.12. The van der Waals surface area contributed by atoms with E-state index in [1.165, 1.54) is 29.7 Å². The zero-order valence-corrected chi connectivity index (χ0v) is 19.0. The zero-order chi connectivity index (χ0) is 22.6. The molecule has 0 unspecified atom stereocenters. The van der Waals surface area contributed by atoms with Crippen molar-refractivity contribution in [3.63, 3.8) is 0 Å². The Hall–Kier alpha value is -1.95. The Kier molecular flexibility index (Phi) is 8.03. The van der Waals surface area contributed by atoms with Gasteiger partial charge in [-0.15, -0.1) is 11.3 Å². The summed E-state index contributed by atoms with van der Waals surface area (Å²) in [6.45, 7) is 5.90. The molecule has 4 N–H and O–H groups in total. The summed E-state index contributed by atoms with van der Waals surface area (Å²) in [5, 5.41) is 19.3. The smallest absolute Gasteiger partial charge is 0.387 e. The van der Waals surface area contributed by atoms with Gasteiger partial charge < -0.3 is 15.2 Å². The van der Waals surface area contributed by atoms with Crippen molar-refractivity contribution < 1.29 is 23.4 Å². The predicted octanol–water partition coefficient (Wildman–Crippen LogP) is 4.92. The second kappa shape index (κ2) is 9.90. The number of benzene rings is 1. The lowest BCUT2D eigenvalue weighted by atomic mass is 9.96. The number of thiazole rings is 1. The van der Waals surface area contributed by atoms with E-state index in [9.17, 15) is 18.7 Å². The van der Waals surface area contributed by atoms with Crippen molar-refractivity contribution in [3.05, 3.63) is 34.5 Å². The summed E-state index contributed by atoms with van der Waals surface area (Å²) in [5.41, 5.74) is 0.716. The number of nitrogens with zero attached hydrogens (tertiary/aromatic N) is 2. The lowest BCUT2D eigenvalue weighted by Gasteiger charge is -2.19. The molecule has 0 bridgehead atoms. The fourth-order valence-electron chi connectivity index (χ4n) is 2.66. The van der Waals surface area contributed by atoms with Crippen LogP contribution in [0, 0.1) is 0 Å². The van der Waals surface area contributed by atoms with Crippen molar-refractivity contribution >= 4 is 33.9 Å². The molecule has 166 valence electrons. The Morgan fingerprint density at radius 3 is 2.60 bits per heavy atom. The van der Waals surface area contributed by atoms with Crippen LogP contribution >= 0.6 is 11.3 Å². The molecular formula is C19H26F2N4O3S2. The van der Waals surface area contributed by atoms with Crippen LogP contribution in [0.2, 0.25) is 0 Å². The number of carbonyl (C=O) groups excluding carboxylic acids is 1.